The molecule has 1 fully saturated rings. The van der Waals surface area contributed by atoms with Gasteiger partial charge in [-0.2, -0.15) is 9.78 Å². The molecule has 4 aromatic rings. The first kappa shape index (κ1) is 18.5. The van der Waals surface area contributed by atoms with Crippen LogP contribution in [0.25, 0.3) is 27.8 Å². The van der Waals surface area contributed by atoms with E-state index in [-0.39, 0.29) is 5.69 Å². The first-order chi connectivity index (χ1) is 14.5. The predicted octanol–water partition coefficient (Wildman–Crippen LogP) is 2.89. The van der Waals surface area contributed by atoms with Crippen molar-refractivity contribution in [2.75, 3.05) is 5.73 Å². The summed E-state index contributed by atoms with van der Waals surface area (Å²) < 4.78 is 19.8. The molecule has 0 spiro atoms. The average Bonchev–Trinajstić information content (AvgIpc) is 3.44. The Balaban J connectivity index is 1.52. The van der Waals surface area contributed by atoms with Crippen LogP contribution in [0.2, 0.25) is 0 Å². The zero-order valence-electron chi connectivity index (χ0n) is 16.6. The fourth-order valence-electron chi connectivity index (χ4n) is 4.40. The van der Waals surface area contributed by atoms with Crippen molar-refractivity contribution in [3.8, 4) is 16.8 Å². The highest BCUT2D eigenvalue weighted by molar-refractivity contribution is 6.00. The summed E-state index contributed by atoms with van der Waals surface area (Å²) in [4.78, 5) is 21.0. The summed E-state index contributed by atoms with van der Waals surface area (Å²) in [7, 11) is 1.82. The largest absolute Gasteiger partial charge is 0.383 e. The maximum absolute atomic E-state index is 15.1. The molecule has 0 bridgehead atoms. The maximum Gasteiger partial charge on any atom is 0.350 e. The molecule has 3 aromatic heterocycles. The normalized spacial score (nSPS) is 14.7. The molecular formula is C21H22FN7O. The summed E-state index contributed by atoms with van der Waals surface area (Å²) in [6, 6.07) is 4.64. The number of aromatic nitrogens is 6. The monoisotopic (exact) mass is 407 g/mol. The van der Waals surface area contributed by atoms with Gasteiger partial charge in [0.1, 0.15) is 29.9 Å². The van der Waals surface area contributed by atoms with Gasteiger partial charge in [-0.25, -0.2) is 19.2 Å². The van der Waals surface area contributed by atoms with E-state index < -0.39 is 5.82 Å². The van der Waals surface area contributed by atoms with E-state index in [0.29, 0.717) is 46.1 Å². The van der Waals surface area contributed by atoms with Crippen molar-refractivity contribution in [2.24, 2.45) is 13.0 Å². The van der Waals surface area contributed by atoms with Crippen molar-refractivity contribution in [2.45, 2.75) is 32.2 Å². The third-order valence-corrected chi connectivity index (χ3v) is 5.93. The van der Waals surface area contributed by atoms with E-state index in [0.717, 1.165) is 12.8 Å². The van der Waals surface area contributed by atoms with Crippen molar-refractivity contribution in [1.29, 1.82) is 0 Å². The van der Waals surface area contributed by atoms with Gasteiger partial charge in [-0.15, -0.1) is 0 Å². The summed E-state index contributed by atoms with van der Waals surface area (Å²) in [5.74, 6) is 0.333. The Morgan fingerprint density at radius 2 is 2.00 bits per heavy atom. The molecule has 1 aliphatic carbocycles. The quantitative estimate of drug-likeness (QED) is 0.561. The molecule has 9 heteroatoms. The minimum Gasteiger partial charge on any atom is -0.383 e. The van der Waals surface area contributed by atoms with Crippen molar-refractivity contribution < 1.29 is 4.39 Å². The Morgan fingerprint density at radius 1 is 1.20 bits per heavy atom. The standard InChI is InChI=1S/C21H22FN7O/c1-27-10-16(18-19(23)24-11-25-20(18)27)15-7-6-14(8-17(15)22)29-21(30)28(12-26-29)9-13-4-2-3-5-13/h6-8,10-13H,2-5,9H2,1H3,(H2,23,24,25). The van der Waals surface area contributed by atoms with E-state index in [2.05, 4.69) is 15.1 Å². The fraction of sp³-hybridized carbons (Fsp3) is 0.333. The van der Waals surface area contributed by atoms with Crippen LogP contribution in [-0.2, 0) is 13.6 Å². The molecule has 1 aromatic carbocycles. The first-order valence-corrected chi connectivity index (χ1v) is 10.0. The van der Waals surface area contributed by atoms with Crippen LogP contribution in [0.4, 0.5) is 10.2 Å². The molecule has 0 radical (unpaired) electrons. The van der Waals surface area contributed by atoms with Gasteiger partial charge in [0.2, 0.25) is 0 Å². The highest BCUT2D eigenvalue weighted by Crippen LogP contribution is 2.34. The molecule has 0 aliphatic heterocycles. The number of aryl methyl sites for hydroxylation is 1. The molecule has 8 nitrogen and oxygen atoms in total. The summed E-state index contributed by atoms with van der Waals surface area (Å²) in [5, 5.41) is 4.80. The van der Waals surface area contributed by atoms with Gasteiger partial charge in [0, 0.05) is 37.0 Å². The number of hydrogen-bond acceptors (Lipinski definition) is 5. The smallest absolute Gasteiger partial charge is 0.350 e. The summed E-state index contributed by atoms with van der Waals surface area (Å²) >= 11 is 0. The van der Waals surface area contributed by atoms with E-state index >= 15 is 4.39 Å². The third kappa shape index (κ3) is 2.97. The molecule has 1 saturated carbocycles. The van der Waals surface area contributed by atoms with Gasteiger partial charge in [-0.3, -0.25) is 4.57 Å². The van der Waals surface area contributed by atoms with E-state index in [9.17, 15) is 4.79 Å². The minimum absolute atomic E-state index is 0.253. The van der Waals surface area contributed by atoms with Crippen LogP contribution in [0.5, 0.6) is 0 Å². The maximum atomic E-state index is 15.1. The second-order valence-electron chi connectivity index (χ2n) is 7.90. The van der Waals surface area contributed by atoms with Crippen LogP contribution in [-0.4, -0.2) is 28.9 Å². The first-order valence-electron chi connectivity index (χ1n) is 10.0. The number of nitrogen functional groups attached to an aromatic ring is 1. The van der Waals surface area contributed by atoms with Gasteiger partial charge in [0.15, 0.2) is 0 Å². The number of nitrogens with two attached hydrogens (primary N) is 1. The third-order valence-electron chi connectivity index (χ3n) is 5.93. The van der Waals surface area contributed by atoms with Gasteiger partial charge in [0.05, 0.1) is 11.1 Å². The molecule has 3 heterocycles. The second-order valence-corrected chi connectivity index (χ2v) is 7.90. The van der Waals surface area contributed by atoms with E-state index in [1.165, 1.54) is 36.2 Å². The lowest BCUT2D eigenvalue weighted by Crippen LogP contribution is -2.25. The Morgan fingerprint density at radius 3 is 2.77 bits per heavy atom. The van der Waals surface area contributed by atoms with E-state index in [1.54, 1.807) is 27.5 Å². The van der Waals surface area contributed by atoms with Gasteiger partial charge in [-0.1, -0.05) is 12.8 Å². The SMILES string of the molecule is Cn1cc(-c2ccc(-n3ncn(CC4CCCC4)c3=O)cc2F)c2c(N)ncnc21. The molecule has 0 saturated heterocycles. The van der Waals surface area contributed by atoms with E-state index in [1.807, 2.05) is 7.05 Å². The number of benzene rings is 1. The fourth-order valence-corrected chi connectivity index (χ4v) is 4.40. The minimum atomic E-state index is -0.472. The number of anilines is 1. The lowest BCUT2D eigenvalue weighted by Gasteiger charge is -2.08. The summed E-state index contributed by atoms with van der Waals surface area (Å²) in [6.45, 7) is 0.661. The molecule has 154 valence electrons. The molecule has 2 N–H and O–H groups in total. The lowest BCUT2D eigenvalue weighted by molar-refractivity contribution is 0.448. The average molecular weight is 407 g/mol. The number of halogens is 1. The molecule has 0 amide bonds. The molecule has 5 rings (SSSR count). The Bertz CT molecular complexity index is 1300. The van der Waals surface area contributed by atoms with Gasteiger partial charge >= 0.3 is 5.69 Å². The van der Waals surface area contributed by atoms with Gasteiger partial charge in [-0.05, 0) is 30.9 Å². The predicted molar refractivity (Wildman–Crippen MR) is 112 cm³/mol. The number of fused-ring (bicyclic) bond motifs is 1. The lowest BCUT2D eigenvalue weighted by atomic mass is 10.0. The molecule has 1 aliphatic rings. The highest BCUT2D eigenvalue weighted by Gasteiger charge is 2.19. The van der Waals surface area contributed by atoms with Crippen LogP contribution in [0.1, 0.15) is 25.7 Å². The molecule has 0 unspecified atom stereocenters. The zero-order valence-corrected chi connectivity index (χ0v) is 16.6. The van der Waals surface area contributed by atoms with Crippen LogP contribution in [0.15, 0.2) is 41.8 Å². The molecule has 30 heavy (non-hydrogen) atoms. The van der Waals surface area contributed by atoms with E-state index in [4.69, 9.17) is 5.73 Å². The number of nitrogens with zero attached hydrogens (tertiary/aromatic N) is 6. The number of rotatable bonds is 4. The Labute approximate surface area is 171 Å². The van der Waals surface area contributed by atoms with Crippen molar-refractivity contribution >= 4 is 16.9 Å². The Hall–Kier alpha value is -3.49. The van der Waals surface area contributed by atoms with Crippen LogP contribution >= 0.6 is 0 Å². The van der Waals surface area contributed by atoms with Crippen LogP contribution < -0.4 is 11.4 Å². The van der Waals surface area contributed by atoms with Crippen molar-refractivity contribution in [1.82, 2.24) is 28.9 Å². The van der Waals surface area contributed by atoms with Crippen LogP contribution in [0.3, 0.4) is 0 Å². The van der Waals surface area contributed by atoms with Gasteiger partial charge in [0.25, 0.3) is 0 Å². The summed E-state index contributed by atoms with van der Waals surface area (Å²) in [5.41, 5.74) is 7.75. The zero-order chi connectivity index (χ0) is 20.8. The van der Waals surface area contributed by atoms with Gasteiger partial charge < -0.3 is 10.3 Å². The topological polar surface area (TPSA) is 96.5 Å². The number of hydrogen-bond donors (Lipinski definition) is 1. The van der Waals surface area contributed by atoms with Crippen molar-refractivity contribution in [3.05, 3.63) is 53.4 Å². The molecular weight excluding hydrogens is 385 g/mol. The van der Waals surface area contributed by atoms with Crippen LogP contribution in [0, 0.1) is 11.7 Å². The van der Waals surface area contributed by atoms with Crippen molar-refractivity contribution in [3.63, 3.8) is 0 Å². The Kier molecular flexibility index (Phi) is 4.38. The second kappa shape index (κ2) is 7.08. The highest BCUT2D eigenvalue weighted by atomic mass is 19.1. The molecule has 0 atom stereocenters. The summed E-state index contributed by atoms with van der Waals surface area (Å²) in [6.07, 6.45) is 9.40.